The Kier molecular flexibility index (Phi) is 4.67. The second-order valence-electron chi connectivity index (χ2n) is 6.86. The number of fused-ring (bicyclic) bond motifs is 1. The number of carboxylic acids is 1. The van der Waals surface area contributed by atoms with Crippen LogP contribution >= 0.6 is 24.0 Å². The molecule has 1 heterocycles. The zero-order valence-corrected chi connectivity index (χ0v) is 15.2. The molecule has 0 amide bonds. The van der Waals surface area contributed by atoms with Crippen LogP contribution in [0.4, 0.5) is 4.39 Å². The third-order valence-electron chi connectivity index (χ3n) is 4.73. The van der Waals surface area contributed by atoms with E-state index in [1.54, 1.807) is 4.57 Å². The summed E-state index contributed by atoms with van der Waals surface area (Å²) in [7, 11) is 0. The van der Waals surface area contributed by atoms with Gasteiger partial charge in [-0.05, 0) is 31.7 Å². The number of aromatic carboxylic acids is 1. The van der Waals surface area contributed by atoms with E-state index in [1.807, 2.05) is 0 Å². The van der Waals surface area contributed by atoms with Crippen LogP contribution in [0.3, 0.4) is 0 Å². The highest BCUT2D eigenvalue weighted by Gasteiger charge is 2.39. The predicted molar refractivity (Wildman–Crippen MR) is 97.3 cm³/mol. The summed E-state index contributed by atoms with van der Waals surface area (Å²) in [6.45, 7) is 0.135. The summed E-state index contributed by atoms with van der Waals surface area (Å²) in [5, 5.41) is 9.16. The highest BCUT2D eigenvalue weighted by atomic mass is 35.5. The van der Waals surface area contributed by atoms with Crippen molar-refractivity contribution < 1.29 is 19.0 Å². The number of carbonyl (C=O) groups is 1. The quantitative estimate of drug-likeness (QED) is 0.800. The number of ether oxygens (including phenoxy) is 1. The van der Waals surface area contributed by atoms with Crippen LogP contribution in [0.5, 0.6) is 5.75 Å². The minimum Gasteiger partial charge on any atom is -0.487 e. The van der Waals surface area contributed by atoms with Gasteiger partial charge < -0.3 is 20.1 Å². The molecule has 2 aromatic rings. The van der Waals surface area contributed by atoms with Gasteiger partial charge in [0.15, 0.2) is 11.6 Å². The molecule has 6 nitrogen and oxygen atoms in total. The molecule has 0 saturated heterocycles. The third-order valence-corrected chi connectivity index (χ3v) is 5.08. The predicted octanol–water partition coefficient (Wildman–Crippen LogP) is 3.12. The lowest BCUT2D eigenvalue weighted by atomic mass is 10.1. The van der Waals surface area contributed by atoms with Crippen LogP contribution in [0.2, 0.25) is 5.02 Å². The normalized spacial score (nSPS) is 17.7. The zero-order chi connectivity index (χ0) is 17.9. The first-order valence-electron chi connectivity index (χ1n) is 8.02. The summed E-state index contributed by atoms with van der Waals surface area (Å²) in [6.07, 6.45) is 4.56. The molecule has 26 heavy (non-hydrogen) atoms. The van der Waals surface area contributed by atoms with Gasteiger partial charge in [-0.3, -0.25) is 4.79 Å². The Morgan fingerprint density at radius 1 is 1.46 bits per heavy atom. The van der Waals surface area contributed by atoms with Crippen molar-refractivity contribution in [1.29, 1.82) is 0 Å². The van der Waals surface area contributed by atoms with Crippen molar-refractivity contribution in [3.63, 3.8) is 0 Å². The Balaban J connectivity index is 0.00000196. The van der Waals surface area contributed by atoms with Crippen LogP contribution in [-0.2, 0) is 0 Å². The number of nitrogens with zero attached hydrogens (tertiary/aromatic N) is 1. The number of halogens is 3. The Morgan fingerprint density at radius 2 is 2.12 bits per heavy atom. The number of carboxylic acid groups (broad SMARTS) is 1. The molecule has 9 heteroatoms. The summed E-state index contributed by atoms with van der Waals surface area (Å²) >= 11 is 6.36. The summed E-state index contributed by atoms with van der Waals surface area (Å²) in [5.74, 6) is -2.30. The first kappa shape index (κ1) is 18.9. The largest absolute Gasteiger partial charge is 0.487 e. The van der Waals surface area contributed by atoms with Gasteiger partial charge in [0.05, 0.1) is 16.4 Å². The molecular formula is C17H17Cl2FN2O4. The molecule has 3 N–H and O–H groups in total. The van der Waals surface area contributed by atoms with E-state index in [0.717, 1.165) is 31.7 Å². The van der Waals surface area contributed by atoms with Gasteiger partial charge in [-0.15, -0.1) is 12.4 Å². The molecule has 4 rings (SSSR count). The number of aromatic nitrogens is 1. The molecule has 0 aliphatic heterocycles. The Morgan fingerprint density at radius 3 is 2.65 bits per heavy atom. The molecule has 0 atom stereocenters. The van der Waals surface area contributed by atoms with Gasteiger partial charge in [0, 0.05) is 12.2 Å². The minimum absolute atomic E-state index is 0. The number of hydrogen-bond acceptors (Lipinski definition) is 4. The second-order valence-corrected chi connectivity index (χ2v) is 7.24. The molecule has 0 spiro atoms. The van der Waals surface area contributed by atoms with Crippen LogP contribution in [0.15, 0.2) is 17.1 Å². The fourth-order valence-electron chi connectivity index (χ4n) is 2.87. The smallest absolute Gasteiger partial charge is 0.341 e. The topological polar surface area (TPSA) is 94.6 Å². The second kappa shape index (κ2) is 6.40. The van der Waals surface area contributed by atoms with E-state index in [2.05, 4.69) is 0 Å². The summed E-state index contributed by atoms with van der Waals surface area (Å²) in [6, 6.07) is 1.04. The van der Waals surface area contributed by atoms with Gasteiger partial charge >= 0.3 is 5.97 Å². The van der Waals surface area contributed by atoms with Gasteiger partial charge in [0.25, 0.3) is 0 Å². The lowest BCUT2D eigenvalue weighted by molar-refractivity contribution is 0.0695. The monoisotopic (exact) mass is 402 g/mol. The molecule has 2 saturated carbocycles. The third kappa shape index (κ3) is 3.15. The standard InChI is InChI=1S/C17H16ClFN2O4.ClH/c18-12-13-9(5-11(19)15(12)25-7-17(20)3-4-17)14(22)10(16(23)24)6-21(13)8-1-2-8;/h5-6,8H,1-4,7,20H2,(H,23,24);1H. The fraction of sp³-hybridized carbons (Fsp3) is 0.412. The van der Waals surface area contributed by atoms with Gasteiger partial charge in [-0.1, -0.05) is 11.6 Å². The summed E-state index contributed by atoms with van der Waals surface area (Å²) < 4.78 is 21.6. The van der Waals surface area contributed by atoms with Gasteiger partial charge in [-0.2, -0.15) is 0 Å². The number of hydrogen-bond donors (Lipinski definition) is 2. The van der Waals surface area contributed by atoms with Crippen LogP contribution in [-0.4, -0.2) is 27.8 Å². The van der Waals surface area contributed by atoms with Crippen molar-refractivity contribution in [3.8, 4) is 5.75 Å². The molecule has 1 aromatic carbocycles. The highest BCUT2D eigenvalue weighted by Crippen LogP contribution is 2.42. The lowest BCUT2D eigenvalue weighted by Crippen LogP contribution is -2.30. The van der Waals surface area contributed by atoms with Crippen LogP contribution in [0.1, 0.15) is 42.1 Å². The van der Waals surface area contributed by atoms with Crippen molar-refractivity contribution in [2.24, 2.45) is 5.73 Å². The molecule has 2 aliphatic carbocycles. The molecule has 0 bridgehead atoms. The summed E-state index contributed by atoms with van der Waals surface area (Å²) in [4.78, 5) is 23.8. The summed E-state index contributed by atoms with van der Waals surface area (Å²) in [5.41, 5.74) is 4.65. The van der Waals surface area contributed by atoms with Gasteiger partial charge in [0.2, 0.25) is 5.43 Å². The van der Waals surface area contributed by atoms with E-state index < -0.39 is 28.3 Å². The molecule has 0 radical (unpaired) electrons. The average molecular weight is 403 g/mol. The van der Waals surface area contributed by atoms with Crippen LogP contribution in [0.25, 0.3) is 10.9 Å². The Bertz CT molecular complexity index is 968. The molecule has 2 fully saturated rings. The molecule has 0 unspecified atom stereocenters. The molecular weight excluding hydrogens is 386 g/mol. The van der Waals surface area contributed by atoms with Crippen molar-refractivity contribution in [1.82, 2.24) is 4.57 Å². The molecule has 140 valence electrons. The van der Waals surface area contributed by atoms with E-state index in [9.17, 15) is 19.1 Å². The maximum absolute atomic E-state index is 14.5. The van der Waals surface area contributed by atoms with E-state index in [0.29, 0.717) is 5.52 Å². The van der Waals surface area contributed by atoms with Crippen molar-refractivity contribution in [3.05, 3.63) is 38.9 Å². The van der Waals surface area contributed by atoms with Gasteiger partial charge in [-0.25, -0.2) is 9.18 Å². The van der Waals surface area contributed by atoms with Crippen molar-refractivity contribution in [2.45, 2.75) is 37.3 Å². The van der Waals surface area contributed by atoms with Crippen LogP contribution < -0.4 is 15.9 Å². The van der Waals surface area contributed by atoms with Crippen molar-refractivity contribution in [2.75, 3.05) is 6.61 Å². The van der Waals surface area contributed by atoms with E-state index >= 15 is 0 Å². The van der Waals surface area contributed by atoms with E-state index in [4.69, 9.17) is 22.1 Å². The molecule has 2 aliphatic rings. The Hall–Kier alpha value is -1.83. The minimum atomic E-state index is -1.35. The lowest BCUT2D eigenvalue weighted by Gasteiger charge is -2.17. The maximum atomic E-state index is 14.5. The number of rotatable bonds is 5. The van der Waals surface area contributed by atoms with Crippen LogP contribution in [0, 0.1) is 5.82 Å². The van der Waals surface area contributed by atoms with Gasteiger partial charge in [0.1, 0.15) is 17.2 Å². The first-order chi connectivity index (χ1) is 11.8. The van der Waals surface area contributed by atoms with E-state index in [1.165, 1.54) is 6.20 Å². The average Bonchev–Trinajstić information content (AvgIpc) is 3.45. The maximum Gasteiger partial charge on any atom is 0.341 e. The van der Waals surface area contributed by atoms with E-state index in [-0.39, 0.29) is 41.2 Å². The zero-order valence-electron chi connectivity index (χ0n) is 13.6. The number of pyridine rings is 1. The first-order valence-corrected chi connectivity index (χ1v) is 8.40. The number of nitrogens with two attached hydrogens (primary N) is 1. The molecule has 1 aromatic heterocycles. The SMILES string of the molecule is Cl.NC1(COc2c(F)cc3c(=O)c(C(=O)O)cn(C4CC4)c3c2Cl)CC1. The number of benzene rings is 1. The fourth-order valence-corrected chi connectivity index (χ4v) is 3.21. The van der Waals surface area contributed by atoms with Crippen molar-refractivity contribution >= 4 is 40.9 Å². The highest BCUT2D eigenvalue weighted by molar-refractivity contribution is 6.36. The Labute approximate surface area is 159 Å².